The Kier molecular flexibility index (Phi) is 10.0. The third kappa shape index (κ3) is 11.2. The minimum atomic E-state index is -0.302. The van der Waals surface area contributed by atoms with Crippen LogP contribution in [0, 0.1) is 0 Å². The second kappa shape index (κ2) is 10.8. The maximum absolute atomic E-state index is 10.8. The minimum Gasteiger partial charge on any atom is -0.462 e. The summed E-state index contributed by atoms with van der Waals surface area (Å²) in [5.41, 5.74) is 1.02. The predicted octanol–water partition coefficient (Wildman–Crippen LogP) is 3.01. The SMILES string of the molecule is CCCCCC/C(=C/COC(C)=O)COC(C)=O. The zero-order valence-corrected chi connectivity index (χ0v) is 11.7. The van der Waals surface area contributed by atoms with Crippen molar-refractivity contribution in [2.24, 2.45) is 0 Å². The van der Waals surface area contributed by atoms with Crippen molar-refractivity contribution in [1.29, 1.82) is 0 Å². The molecule has 0 saturated carbocycles. The third-order valence-electron chi connectivity index (χ3n) is 2.47. The van der Waals surface area contributed by atoms with Crippen molar-refractivity contribution in [1.82, 2.24) is 0 Å². The van der Waals surface area contributed by atoms with Crippen molar-refractivity contribution in [3.05, 3.63) is 11.6 Å². The highest BCUT2D eigenvalue weighted by atomic mass is 16.5. The molecule has 0 heterocycles. The quantitative estimate of drug-likeness (QED) is 0.361. The number of ether oxygens (including phenoxy) is 2. The summed E-state index contributed by atoms with van der Waals surface area (Å²) in [6, 6.07) is 0. The summed E-state index contributed by atoms with van der Waals surface area (Å²) in [5, 5.41) is 0. The molecule has 0 aliphatic heterocycles. The second-order valence-electron chi connectivity index (χ2n) is 4.26. The molecule has 0 spiro atoms. The standard InChI is InChI=1S/C14H24O4/c1-4-5-6-7-8-14(11-18-13(3)16)9-10-17-12(2)15/h9H,4-8,10-11H2,1-3H3/b14-9-. The average Bonchev–Trinajstić information content (AvgIpc) is 2.30. The highest BCUT2D eigenvalue weighted by Crippen LogP contribution is 2.11. The van der Waals surface area contributed by atoms with Crippen LogP contribution in [-0.2, 0) is 19.1 Å². The molecule has 0 amide bonds. The zero-order chi connectivity index (χ0) is 13.8. The van der Waals surface area contributed by atoms with Crippen LogP contribution < -0.4 is 0 Å². The zero-order valence-electron chi connectivity index (χ0n) is 11.7. The molecule has 0 aromatic rings. The molecular weight excluding hydrogens is 232 g/mol. The fourth-order valence-corrected chi connectivity index (χ4v) is 1.48. The first-order chi connectivity index (χ1) is 8.56. The lowest BCUT2D eigenvalue weighted by atomic mass is 10.1. The van der Waals surface area contributed by atoms with E-state index in [1.54, 1.807) is 0 Å². The summed E-state index contributed by atoms with van der Waals surface area (Å²) in [6.45, 7) is 5.47. The van der Waals surface area contributed by atoms with Crippen LogP contribution in [0.5, 0.6) is 0 Å². The molecule has 4 heteroatoms. The van der Waals surface area contributed by atoms with Gasteiger partial charge in [0.15, 0.2) is 0 Å². The van der Waals surface area contributed by atoms with Gasteiger partial charge in [0.25, 0.3) is 0 Å². The van der Waals surface area contributed by atoms with Gasteiger partial charge in [0.05, 0.1) is 0 Å². The average molecular weight is 256 g/mol. The van der Waals surface area contributed by atoms with Crippen LogP contribution in [0.25, 0.3) is 0 Å². The van der Waals surface area contributed by atoms with Gasteiger partial charge in [-0.3, -0.25) is 9.59 Å². The maximum Gasteiger partial charge on any atom is 0.302 e. The van der Waals surface area contributed by atoms with Gasteiger partial charge in [0.1, 0.15) is 13.2 Å². The number of hydrogen-bond donors (Lipinski definition) is 0. The van der Waals surface area contributed by atoms with E-state index in [2.05, 4.69) is 6.92 Å². The molecular formula is C14H24O4. The number of carbonyl (C=O) groups is 2. The van der Waals surface area contributed by atoms with Crippen molar-refractivity contribution in [3.8, 4) is 0 Å². The monoisotopic (exact) mass is 256 g/mol. The fourth-order valence-electron chi connectivity index (χ4n) is 1.48. The maximum atomic E-state index is 10.8. The first-order valence-electron chi connectivity index (χ1n) is 6.50. The molecule has 0 rings (SSSR count). The lowest BCUT2D eigenvalue weighted by molar-refractivity contribution is -0.141. The second-order valence-corrected chi connectivity index (χ2v) is 4.26. The van der Waals surface area contributed by atoms with E-state index in [0.717, 1.165) is 18.4 Å². The Bertz CT molecular complexity index is 282. The van der Waals surface area contributed by atoms with Crippen molar-refractivity contribution in [2.45, 2.75) is 52.9 Å². The summed E-state index contributed by atoms with van der Waals surface area (Å²) in [5.74, 6) is -0.592. The summed E-state index contributed by atoms with van der Waals surface area (Å²) >= 11 is 0. The van der Waals surface area contributed by atoms with Gasteiger partial charge >= 0.3 is 11.9 Å². The minimum absolute atomic E-state index is 0.250. The molecule has 0 aliphatic carbocycles. The van der Waals surface area contributed by atoms with Crippen LogP contribution in [0.1, 0.15) is 52.9 Å². The first kappa shape index (κ1) is 16.7. The summed E-state index contributed by atoms with van der Waals surface area (Å²) in [7, 11) is 0. The molecule has 0 fully saturated rings. The van der Waals surface area contributed by atoms with Gasteiger partial charge in [0.2, 0.25) is 0 Å². The largest absolute Gasteiger partial charge is 0.462 e. The van der Waals surface area contributed by atoms with Crippen LogP contribution in [-0.4, -0.2) is 25.2 Å². The topological polar surface area (TPSA) is 52.6 Å². The number of rotatable bonds is 9. The fraction of sp³-hybridized carbons (Fsp3) is 0.714. The molecule has 4 nitrogen and oxygen atoms in total. The first-order valence-corrected chi connectivity index (χ1v) is 6.50. The Morgan fingerprint density at radius 3 is 2.22 bits per heavy atom. The van der Waals surface area contributed by atoms with Gasteiger partial charge in [-0.25, -0.2) is 0 Å². The van der Waals surface area contributed by atoms with Crippen molar-refractivity contribution >= 4 is 11.9 Å². The predicted molar refractivity (Wildman–Crippen MR) is 70.1 cm³/mol. The van der Waals surface area contributed by atoms with Gasteiger partial charge in [-0.1, -0.05) is 26.2 Å². The smallest absolute Gasteiger partial charge is 0.302 e. The van der Waals surface area contributed by atoms with Crippen molar-refractivity contribution in [3.63, 3.8) is 0 Å². The molecule has 0 radical (unpaired) electrons. The summed E-state index contributed by atoms with van der Waals surface area (Å²) < 4.78 is 9.82. The van der Waals surface area contributed by atoms with E-state index < -0.39 is 0 Å². The van der Waals surface area contributed by atoms with E-state index in [1.807, 2.05) is 6.08 Å². The highest BCUT2D eigenvalue weighted by molar-refractivity contribution is 5.66. The molecule has 104 valence electrons. The number of esters is 2. The van der Waals surface area contributed by atoms with E-state index in [1.165, 1.54) is 33.1 Å². The van der Waals surface area contributed by atoms with E-state index in [9.17, 15) is 9.59 Å². The van der Waals surface area contributed by atoms with Gasteiger partial charge in [-0.05, 0) is 24.5 Å². The van der Waals surface area contributed by atoms with Crippen LogP contribution in [0.2, 0.25) is 0 Å². The lowest BCUT2D eigenvalue weighted by Gasteiger charge is -2.08. The third-order valence-corrected chi connectivity index (χ3v) is 2.47. The molecule has 18 heavy (non-hydrogen) atoms. The molecule has 0 aliphatic rings. The van der Waals surface area contributed by atoms with Crippen molar-refractivity contribution in [2.75, 3.05) is 13.2 Å². The summed E-state index contributed by atoms with van der Waals surface area (Å²) in [4.78, 5) is 21.4. The molecule has 0 aromatic carbocycles. The molecule has 0 aromatic heterocycles. The van der Waals surface area contributed by atoms with E-state index in [-0.39, 0.29) is 18.5 Å². The van der Waals surface area contributed by atoms with E-state index >= 15 is 0 Å². The molecule has 0 unspecified atom stereocenters. The Morgan fingerprint density at radius 2 is 1.67 bits per heavy atom. The molecule has 0 bridgehead atoms. The molecule has 0 N–H and O–H groups in total. The lowest BCUT2D eigenvalue weighted by Crippen LogP contribution is -2.06. The highest BCUT2D eigenvalue weighted by Gasteiger charge is 2.01. The summed E-state index contributed by atoms with van der Waals surface area (Å²) in [6.07, 6.45) is 7.36. The Labute approximate surface area is 109 Å². The number of hydrogen-bond acceptors (Lipinski definition) is 4. The van der Waals surface area contributed by atoms with Crippen LogP contribution in [0.4, 0.5) is 0 Å². The Morgan fingerprint density at radius 1 is 1.00 bits per heavy atom. The molecule has 0 saturated heterocycles. The van der Waals surface area contributed by atoms with E-state index in [4.69, 9.17) is 9.47 Å². The van der Waals surface area contributed by atoms with E-state index in [0.29, 0.717) is 6.61 Å². The van der Waals surface area contributed by atoms with Gasteiger partial charge in [-0.15, -0.1) is 0 Å². The van der Waals surface area contributed by atoms with Crippen LogP contribution in [0.15, 0.2) is 11.6 Å². The van der Waals surface area contributed by atoms with Crippen molar-refractivity contribution < 1.29 is 19.1 Å². The Hall–Kier alpha value is -1.32. The van der Waals surface area contributed by atoms with Crippen LogP contribution >= 0.6 is 0 Å². The molecule has 0 atom stereocenters. The van der Waals surface area contributed by atoms with Gasteiger partial charge < -0.3 is 9.47 Å². The number of carbonyl (C=O) groups excluding carboxylic acids is 2. The van der Waals surface area contributed by atoms with Crippen LogP contribution in [0.3, 0.4) is 0 Å². The number of unbranched alkanes of at least 4 members (excludes halogenated alkanes) is 3. The Balaban J connectivity index is 4.05. The normalized spacial score (nSPS) is 11.2. The van der Waals surface area contributed by atoms with Gasteiger partial charge in [-0.2, -0.15) is 0 Å². The van der Waals surface area contributed by atoms with Gasteiger partial charge in [0, 0.05) is 13.8 Å².